The zero-order chi connectivity index (χ0) is 17.8. The summed E-state index contributed by atoms with van der Waals surface area (Å²) in [6.07, 6.45) is 3.99. The van der Waals surface area contributed by atoms with Crippen LogP contribution in [0.25, 0.3) is 0 Å². The summed E-state index contributed by atoms with van der Waals surface area (Å²) < 4.78 is 14.8. The summed E-state index contributed by atoms with van der Waals surface area (Å²) in [4.78, 5) is 25.0. The van der Waals surface area contributed by atoms with E-state index in [0.717, 1.165) is 12.0 Å². The molecule has 0 bridgehead atoms. The predicted octanol–water partition coefficient (Wildman–Crippen LogP) is 1.81. The van der Waals surface area contributed by atoms with Gasteiger partial charge in [0.1, 0.15) is 5.82 Å². The van der Waals surface area contributed by atoms with Gasteiger partial charge >= 0.3 is 6.03 Å². The summed E-state index contributed by atoms with van der Waals surface area (Å²) in [5.41, 5.74) is 1.36. The van der Waals surface area contributed by atoms with E-state index in [1.807, 2.05) is 6.07 Å². The lowest BCUT2D eigenvalue weighted by molar-refractivity contribution is -0.119. The van der Waals surface area contributed by atoms with Crippen molar-refractivity contribution in [1.29, 1.82) is 0 Å². The molecule has 1 aromatic carbocycles. The maximum Gasteiger partial charge on any atom is 0.322 e. The van der Waals surface area contributed by atoms with Crippen molar-refractivity contribution in [1.82, 2.24) is 20.0 Å². The zero-order valence-corrected chi connectivity index (χ0v) is 13.9. The fourth-order valence-corrected chi connectivity index (χ4v) is 2.89. The van der Waals surface area contributed by atoms with Crippen LogP contribution < -0.4 is 10.6 Å². The van der Waals surface area contributed by atoms with Crippen molar-refractivity contribution in [3.8, 4) is 0 Å². The van der Waals surface area contributed by atoms with Gasteiger partial charge in [-0.25, -0.2) is 9.18 Å². The number of urea groups is 1. The topological polar surface area (TPSA) is 79.3 Å². The van der Waals surface area contributed by atoms with Crippen LogP contribution in [-0.2, 0) is 11.3 Å². The first-order valence-corrected chi connectivity index (χ1v) is 8.09. The Morgan fingerprint density at radius 1 is 1.40 bits per heavy atom. The van der Waals surface area contributed by atoms with E-state index >= 15 is 0 Å². The molecule has 0 radical (unpaired) electrons. The van der Waals surface area contributed by atoms with E-state index in [0.29, 0.717) is 25.3 Å². The quantitative estimate of drug-likeness (QED) is 0.887. The molecule has 1 aliphatic heterocycles. The van der Waals surface area contributed by atoms with E-state index in [1.54, 1.807) is 28.0 Å². The highest BCUT2D eigenvalue weighted by molar-refractivity contribution is 5.89. The fourth-order valence-electron chi connectivity index (χ4n) is 2.89. The molecule has 1 unspecified atom stereocenters. The van der Waals surface area contributed by atoms with E-state index in [-0.39, 0.29) is 23.8 Å². The van der Waals surface area contributed by atoms with E-state index in [9.17, 15) is 14.0 Å². The number of aromatic nitrogens is 2. The molecule has 1 atom stereocenters. The molecule has 1 aliphatic rings. The number of halogens is 1. The molecular formula is C17H20FN5O2. The first-order chi connectivity index (χ1) is 12.0. The number of carbonyl (C=O) groups excluding carboxylic acids is 2. The van der Waals surface area contributed by atoms with Crippen molar-refractivity contribution < 1.29 is 14.0 Å². The van der Waals surface area contributed by atoms with Crippen molar-refractivity contribution in [3.63, 3.8) is 0 Å². The van der Waals surface area contributed by atoms with Crippen LogP contribution in [0, 0.1) is 5.82 Å². The number of anilines is 1. The highest BCUT2D eigenvalue weighted by atomic mass is 19.1. The van der Waals surface area contributed by atoms with Gasteiger partial charge in [0.2, 0.25) is 5.91 Å². The average Bonchev–Trinajstić information content (AvgIpc) is 3.16. The van der Waals surface area contributed by atoms with E-state index in [2.05, 4.69) is 15.7 Å². The Balaban J connectivity index is 1.54. The lowest BCUT2D eigenvalue weighted by atomic mass is 10.2. The molecule has 25 heavy (non-hydrogen) atoms. The van der Waals surface area contributed by atoms with E-state index < -0.39 is 0 Å². The van der Waals surface area contributed by atoms with Crippen molar-refractivity contribution in [2.45, 2.75) is 25.9 Å². The smallest absolute Gasteiger partial charge is 0.322 e. The number of amides is 3. The Hall–Kier alpha value is -2.90. The first-order valence-electron chi connectivity index (χ1n) is 8.09. The number of nitrogens with zero attached hydrogens (tertiary/aromatic N) is 3. The monoisotopic (exact) mass is 345 g/mol. The summed E-state index contributed by atoms with van der Waals surface area (Å²) in [5, 5.41) is 9.79. The van der Waals surface area contributed by atoms with Gasteiger partial charge < -0.3 is 15.5 Å². The van der Waals surface area contributed by atoms with Crippen LogP contribution >= 0.6 is 0 Å². The average molecular weight is 345 g/mol. The normalized spacial score (nSPS) is 16.7. The van der Waals surface area contributed by atoms with Gasteiger partial charge in [0, 0.05) is 32.3 Å². The molecule has 8 heteroatoms. The van der Waals surface area contributed by atoms with Crippen LogP contribution in [0.1, 0.15) is 18.9 Å². The van der Waals surface area contributed by atoms with Crippen molar-refractivity contribution >= 4 is 17.6 Å². The Morgan fingerprint density at radius 2 is 2.24 bits per heavy atom. The molecule has 1 saturated heterocycles. The molecular weight excluding hydrogens is 325 g/mol. The zero-order valence-electron chi connectivity index (χ0n) is 13.9. The molecule has 1 fully saturated rings. The summed E-state index contributed by atoms with van der Waals surface area (Å²) in [5.74, 6) is -0.383. The van der Waals surface area contributed by atoms with E-state index in [4.69, 9.17) is 0 Å². The highest BCUT2D eigenvalue weighted by Crippen LogP contribution is 2.13. The molecule has 3 amide bonds. The minimum Gasteiger partial charge on any atom is -0.352 e. The fraction of sp³-hybridized carbons (Fsp3) is 0.353. The SMILES string of the molecule is CC(=O)NC1CCN(C(=O)Nc2cnn(Cc3cccc(F)c3)c2)C1. The molecule has 2 heterocycles. The minimum atomic E-state index is -0.291. The highest BCUT2D eigenvalue weighted by Gasteiger charge is 2.26. The number of benzene rings is 1. The minimum absolute atomic E-state index is 0.000972. The Labute approximate surface area is 144 Å². The summed E-state index contributed by atoms with van der Waals surface area (Å²) >= 11 is 0. The van der Waals surface area contributed by atoms with Crippen molar-refractivity contribution in [2.24, 2.45) is 0 Å². The Morgan fingerprint density at radius 3 is 3.00 bits per heavy atom. The number of hydrogen-bond donors (Lipinski definition) is 2. The van der Waals surface area contributed by atoms with Crippen molar-refractivity contribution in [2.75, 3.05) is 18.4 Å². The van der Waals surface area contributed by atoms with Gasteiger partial charge in [-0.05, 0) is 24.1 Å². The van der Waals surface area contributed by atoms with Gasteiger partial charge in [0.05, 0.1) is 18.4 Å². The first kappa shape index (κ1) is 16.9. The lowest BCUT2D eigenvalue weighted by Crippen LogP contribution is -2.38. The maximum atomic E-state index is 13.2. The van der Waals surface area contributed by atoms with Gasteiger partial charge in [-0.1, -0.05) is 12.1 Å². The summed E-state index contributed by atoms with van der Waals surface area (Å²) in [7, 11) is 0. The number of hydrogen-bond acceptors (Lipinski definition) is 3. The Kier molecular flexibility index (Phi) is 4.97. The van der Waals surface area contributed by atoms with Crippen LogP contribution in [0.3, 0.4) is 0 Å². The largest absolute Gasteiger partial charge is 0.352 e. The predicted molar refractivity (Wildman–Crippen MR) is 90.5 cm³/mol. The summed E-state index contributed by atoms with van der Waals surface area (Å²) in [6, 6.07) is 6.08. The molecule has 132 valence electrons. The second-order valence-electron chi connectivity index (χ2n) is 6.12. The van der Waals surface area contributed by atoms with Gasteiger partial charge in [-0.3, -0.25) is 9.48 Å². The van der Waals surface area contributed by atoms with Crippen LogP contribution in [0.5, 0.6) is 0 Å². The number of rotatable bonds is 4. The molecule has 1 aromatic heterocycles. The van der Waals surface area contributed by atoms with Crippen molar-refractivity contribution in [3.05, 3.63) is 48.0 Å². The lowest BCUT2D eigenvalue weighted by Gasteiger charge is -2.16. The molecule has 3 rings (SSSR count). The third-order valence-corrected chi connectivity index (χ3v) is 4.00. The molecule has 2 aromatic rings. The van der Waals surface area contributed by atoms with Crippen LogP contribution in [0.2, 0.25) is 0 Å². The molecule has 0 aliphatic carbocycles. The number of likely N-dealkylation sites (tertiary alicyclic amines) is 1. The maximum absolute atomic E-state index is 13.2. The third kappa shape index (κ3) is 4.56. The van der Waals surface area contributed by atoms with Gasteiger partial charge in [-0.2, -0.15) is 5.10 Å². The second kappa shape index (κ2) is 7.33. The molecule has 0 saturated carbocycles. The standard InChI is InChI=1S/C17H20FN5O2/c1-12(24)20-15-5-6-22(10-15)17(25)21-16-8-19-23(11-16)9-13-3-2-4-14(18)7-13/h2-4,7-8,11,15H,5-6,9-10H2,1H3,(H,20,24)(H,21,25). The van der Waals surface area contributed by atoms with Gasteiger partial charge in [0.15, 0.2) is 0 Å². The number of carbonyl (C=O) groups is 2. The van der Waals surface area contributed by atoms with Gasteiger partial charge in [0.25, 0.3) is 0 Å². The second-order valence-corrected chi connectivity index (χ2v) is 6.12. The van der Waals surface area contributed by atoms with Crippen LogP contribution in [0.4, 0.5) is 14.9 Å². The summed E-state index contributed by atoms with van der Waals surface area (Å²) in [6.45, 7) is 2.97. The van der Waals surface area contributed by atoms with E-state index in [1.165, 1.54) is 19.1 Å². The molecule has 2 N–H and O–H groups in total. The number of nitrogens with one attached hydrogen (secondary N) is 2. The molecule has 0 spiro atoms. The van der Waals surface area contributed by atoms with Crippen LogP contribution in [0.15, 0.2) is 36.7 Å². The molecule has 7 nitrogen and oxygen atoms in total. The Bertz CT molecular complexity index is 776. The van der Waals surface area contributed by atoms with Crippen LogP contribution in [-0.4, -0.2) is 45.8 Å². The van der Waals surface area contributed by atoms with Gasteiger partial charge in [-0.15, -0.1) is 0 Å². The third-order valence-electron chi connectivity index (χ3n) is 4.00.